The number of methoxy groups -OCH3 is 1. The van der Waals surface area contributed by atoms with Crippen molar-refractivity contribution in [2.75, 3.05) is 7.11 Å². The standard InChI is InChI=1S/C14H14FN5O/c1-9-8-20(19-17-9)12-3-4-13(21-2)14(15)11(12)7-10-5-6-16-18-10/h3-6,8H,7H2,1-2H3,(H,16,18). The van der Waals surface area contributed by atoms with E-state index in [0.717, 1.165) is 11.4 Å². The lowest BCUT2D eigenvalue weighted by Crippen LogP contribution is -2.06. The van der Waals surface area contributed by atoms with E-state index in [-0.39, 0.29) is 5.75 Å². The molecule has 1 aromatic carbocycles. The van der Waals surface area contributed by atoms with Gasteiger partial charge in [-0.25, -0.2) is 9.07 Å². The highest BCUT2D eigenvalue weighted by Crippen LogP contribution is 2.27. The first kappa shape index (κ1) is 13.3. The predicted octanol–water partition coefficient (Wildman–Crippen LogP) is 2.04. The summed E-state index contributed by atoms with van der Waals surface area (Å²) in [4.78, 5) is 0. The van der Waals surface area contributed by atoms with E-state index in [1.807, 2.05) is 6.92 Å². The van der Waals surface area contributed by atoms with Crippen LogP contribution in [0.5, 0.6) is 5.75 Å². The molecule has 0 aliphatic carbocycles. The van der Waals surface area contributed by atoms with Crippen molar-refractivity contribution in [3.63, 3.8) is 0 Å². The minimum absolute atomic E-state index is 0.195. The number of rotatable bonds is 4. The number of aromatic amines is 1. The van der Waals surface area contributed by atoms with Gasteiger partial charge in [-0.2, -0.15) is 5.10 Å². The summed E-state index contributed by atoms with van der Waals surface area (Å²) in [5.41, 5.74) is 2.58. The zero-order chi connectivity index (χ0) is 14.8. The van der Waals surface area contributed by atoms with Gasteiger partial charge in [-0.1, -0.05) is 5.21 Å². The van der Waals surface area contributed by atoms with Crippen LogP contribution in [0, 0.1) is 12.7 Å². The van der Waals surface area contributed by atoms with Crippen molar-refractivity contribution in [3.05, 3.63) is 53.4 Å². The van der Waals surface area contributed by atoms with Crippen molar-refractivity contribution >= 4 is 0 Å². The largest absolute Gasteiger partial charge is 0.494 e. The predicted molar refractivity (Wildman–Crippen MR) is 74.0 cm³/mol. The monoisotopic (exact) mass is 287 g/mol. The number of hydrogen-bond donors (Lipinski definition) is 1. The topological polar surface area (TPSA) is 68.6 Å². The molecule has 0 saturated carbocycles. The molecule has 0 unspecified atom stereocenters. The van der Waals surface area contributed by atoms with Gasteiger partial charge in [0.1, 0.15) is 0 Å². The Balaban J connectivity index is 2.12. The van der Waals surface area contributed by atoms with Gasteiger partial charge >= 0.3 is 0 Å². The third kappa shape index (κ3) is 2.49. The van der Waals surface area contributed by atoms with Crippen molar-refractivity contribution in [1.29, 1.82) is 0 Å². The second-order valence-corrected chi connectivity index (χ2v) is 4.63. The summed E-state index contributed by atoms with van der Waals surface area (Å²) in [7, 11) is 1.44. The smallest absolute Gasteiger partial charge is 0.170 e. The Kier molecular flexibility index (Phi) is 3.39. The fraction of sp³-hybridized carbons (Fsp3) is 0.214. The molecule has 3 aromatic rings. The van der Waals surface area contributed by atoms with E-state index in [0.29, 0.717) is 17.7 Å². The molecule has 0 atom stereocenters. The third-order valence-electron chi connectivity index (χ3n) is 3.17. The first-order valence-electron chi connectivity index (χ1n) is 6.42. The molecule has 0 amide bonds. The summed E-state index contributed by atoms with van der Waals surface area (Å²) in [6.07, 6.45) is 3.78. The van der Waals surface area contributed by atoms with Crippen LogP contribution in [0.2, 0.25) is 0 Å². The molecule has 6 nitrogen and oxygen atoms in total. The Morgan fingerprint density at radius 1 is 1.33 bits per heavy atom. The second-order valence-electron chi connectivity index (χ2n) is 4.63. The molecule has 7 heteroatoms. The van der Waals surface area contributed by atoms with Crippen LogP contribution in [0.4, 0.5) is 4.39 Å². The summed E-state index contributed by atoms with van der Waals surface area (Å²) in [5, 5.41) is 14.7. The Hall–Kier alpha value is -2.70. The highest BCUT2D eigenvalue weighted by Gasteiger charge is 2.17. The third-order valence-corrected chi connectivity index (χ3v) is 3.17. The Bertz CT molecular complexity index is 751. The average Bonchev–Trinajstić information content (AvgIpc) is 3.12. The lowest BCUT2D eigenvalue weighted by atomic mass is 10.1. The summed E-state index contributed by atoms with van der Waals surface area (Å²) in [6.45, 7) is 1.83. The van der Waals surface area contributed by atoms with E-state index in [4.69, 9.17) is 4.74 Å². The number of benzene rings is 1. The summed E-state index contributed by atoms with van der Waals surface area (Å²) >= 11 is 0. The minimum atomic E-state index is -0.411. The molecule has 3 rings (SSSR count). The van der Waals surface area contributed by atoms with Crippen LogP contribution >= 0.6 is 0 Å². The molecular formula is C14H14FN5O. The van der Waals surface area contributed by atoms with Gasteiger partial charge in [0.05, 0.1) is 30.4 Å². The molecule has 0 bridgehead atoms. The van der Waals surface area contributed by atoms with E-state index < -0.39 is 5.82 Å². The normalized spacial score (nSPS) is 10.8. The fourth-order valence-electron chi connectivity index (χ4n) is 2.17. The maximum absolute atomic E-state index is 14.6. The molecular weight excluding hydrogens is 273 g/mol. The molecule has 0 fully saturated rings. The van der Waals surface area contributed by atoms with E-state index in [1.165, 1.54) is 7.11 Å². The van der Waals surface area contributed by atoms with E-state index in [9.17, 15) is 4.39 Å². The molecule has 1 N–H and O–H groups in total. The van der Waals surface area contributed by atoms with E-state index in [2.05, 4.69) is 20.5 Å². The van der Waals surface area contributed by atoms with Crippen LogP contribution < -0.4 is 4.74 Å². The zero-order valence-corrected chi connectivity index (χ0v) is 11.7. The number of aryl methyl sites for hydroxylation is 1. The van der Waals surface area contributed by atoms with Gasteiger partial charge in [0.15, 0.2) is 11.6 Å². The summed E-state index contributed by atoms with van der Waals surface area (Å²) in [5.74, 6) is -0.215. The summed E-state index contributed by atoms with van der Waals surface area (Å²) < 4.78 is 21.2. The number of nitrogens with one attached hydrogen (secondary N) is 1. The number of hydrogen-bond acceptors (Lipinski definition) is 4. The molecule has 0 spiro atoms. The average molecular weight is 287 g/mol. The number of halogens is 1. The maximum Gasteiger partial charge on any atom is 0.170 e. The molecule has 0 saturated heterocycles. The van der Waals surface area contributed by atoms with Crippen LogP contribution in [0.1, 0.15) is 17.0 Å². The van der Waals surface area contributed by atoms with Crippen LogP contribution in [-0.4, -0.2) is 32.3 Å². The Morgan fingerprint density at radius 3 is 2.81 bits per heavy atom. The SMILES string of the molecule is COc1ccc(-n2cc(C)nn2)c(Cc2cc[nH]n2)c1F. The molecule has 108 valence electrons. The number of H-pyrrole nitrogens is 1. The minimum Gasteiger partial charge on any atom is -0.494 e. The molecule has 21 heavy (non-hydrogen) atoms. The van der Waals surface area contributed by atoms with E-state index in [1.54, 1.807) is 35.3 Å². The van der Waals surface area contributed by atoms with Crippen molar-refractivity contribution in [2.24, 2.45) is 0 Å². The first-order chi connectivity index (χ1) is 10.2. The number of aromatic nitrogens is 5. The van der Waals surface area contributed by atoms with Gasteiger partial charge < -0.3 is 4.74 Å². The van der Waals surface area contributed by atoms with Crippen LogP contribution in [0.3, 0.4) is 0 Å². The van der Waals surface area contributed by atoms with Crippen molar-refractivity contribution < 1.29 is 9.13 Å². The van der Waals surface area contributed by atoms with Gasteiger partial charge in [-0.3, -0.25) is 5.10 Å². The van der Waals surface area contributed by atoms with Gasteiger partial charge in [-0.05, 0) is 25.1 Å². The molecule has 0 radical (unpaired) electrons. The second kappa shape index (κ2) is 5.35. The molecule has 0 aliphatic rings. The zero-order valence-electron chi connectivity index (χ0n) is 11.7. The number of nitrogens with zero attached hydrogens (tertiary/aromatic N) is 4. The summed E-state index contributed by atoms with van der Waals surface area (Å²) in [6, 6.07) is 5.14. The molecule has 2 heterocycles. The van der Waals surface area contributed by atoms with Crippen molar-refractivity contribution in [2.45, 2.75) is 13.3 Å². The maximum atomic E-state index is 14.6. The van der Waals surface area contributed by atoms with Gasteiger partial charge in [0.25, 0.3) is 0 Å². The van der Waals surface area contributed by atoms with Crippen LogP contribution in [-0.2, 0) is 6.42 Å². The van der Waals surface area contributed by atoms with Gasteiger partial charge in [0, 0.05) is 18.2 Å². The van der Waals surface area contributed by atoms with E-state index >= 15 is 0 Å². The van der Waals surface area contributed by atoms with Gasteiger partial charge in [-0.15, -0.1) is 5.10 Å². The highest BCUT2D eigenvalue weighted by atomic mass is 19.1. The lowest BCUT2D eigenvalue weighted by Gasteiger charge is -2.12. The first-order valence-corrected chi connectivity index (χ1v) is 6.42. The van der Waals surface area contributed by atoms with Crippen molar-refractivity contribution in [1.82, 2.24) is 25.2 Å². The van der Waals surface area contributed by atoms with Crippen molar-refractivity contribution in [3.8, 4) is 11.4 Å². The number of ether oxygens (including phenoxy) is 1. The Morgan fingerprint density at radius 2 is 2.19 bits per heavy atom. The van der Waals surface area contributed by atoms with Crippen LogP contribution in [0.25, 0.3) is 5.69 Å². The van der Waals surface area contributed by atoms with Gasteiger partial charge in [0.2, 0.25) is 0 Å². The highest BCUT2D eigenvalue weighted by molar-refractivity contribution is 5.48. The quantitative estimate of drug-likeness (QED) is 0.797. The fourth-order valence-corrected chi connectivity index (χ4v) is 2.17. The lowest BCUT2D eigenvalue weighted by molar-refractivity contribution is 0.384. The molecule has 0 aliphatic heterocycles. The van der Waals surface area contributed by atoms with Crippen LogP contribution in [0.15, 0.2) is 30.6 Å². The Labute approximate surface area is 120 Å². The molecule has 2 aromatic heterocycles.